The van der Waals surface area contributed by atoms with E-state index in [0.717, 1.165) is 0 Å². The normalized spacial score (nSPS) is 26.8. The van der Waals surface area contributed by atoms with E-state index in [2.05, 4.69) is 50.4 Å². The maximum Gasteiger partial charge on any atom is 0.0377 e. The molecule has 1 unspecified atom stereocenters. The summed E-state index contributed by atoms with van der Waals surface area (Å²) in [5, 5.41) is 3.92. The first-order valence-electron chi connectivity index (χ1n) is 7.88. The van der Waals surface area contributed by atoms with Crippen molar-refractivity contribution in [3.63, 3.8) is 0 Å². The molecule has 1 nitrogen and oxygen atoms in total. The van der Waals surface area contributed by atoms with E-state index in [1.54, 1.807) is 5.56 Å². The summed E-state index contributed by atoms with van der Waals surface area (Å²) in [6.45, 7) is 8.37. The lowest BCUT2D eigenvalue weighted by Gasteiger charge is -2.43. The van der Waals surface area contributed by atoms with Crippen LogP contribution in [0, 0.1) is 10.8 Å². The van der Waals surface area contributed by atoms with Crippen molar-refractivity contribution in [2.24, 2.45) is 10.8 Å². The molecule has 1 atom stereocenters. The number of fused-ring (bicyclic) bond motifs is 1. The molecular weight excluding hydrogens is 230 g/mol. The number of hydrogen-bond acceptors (Lipinski definition) is 1. The van der Waals surface area contributed by atoms with Crippen LogP contribution >= 0.6 is 0 Å². The van der Waals surface area contributed by atoms with Crippen LogP contribution in [0.25, 0.3) is 0 Å². The smallest absolute Gasteiger partial charge is 0.0377 e. The first-order valence-corrected chi connectivity index (χ1v) is 7.88. The molecule has 0 bridgehead atoms. The first-order chi connectivity index (χ1) is 9.06. The Balaban J connectivity index is 1.76. The molecule has 1 fully saturated rings. The molecule has 0 saturated heterocycles. The van der Waals surface area contributed by atoms with Crippen molar-refractivity contribution in [2.45, 2.75) is 58.9 Å². The molecule has 19 heavy (non-hydrogen) atoms. The van der Waals surface area contributed by atoms with Crippen molar-refractivity contribution in [1.82, 2.24) is 5.32 Å². The molecule has 104 valence electrons. The largest absolute Gasteiger partial charge is 0.309 e. The van der Waals surface area contributed by atoms with Crippen molar-refractivity contribution >= 4 is 0 Å². The molecule has 3 rings (SSSR count). The molecule has 1 N–H and O–H groups in total. The predicted molar refractivity (Wildman–Crippen MR) is 81.2 cm³/mol. The fraction of sp³-hybridized carbons (Fsp3) is 0.667. The molecule has 0 spiro atoms. The molecule has 2 aliphatic rings. The fourth-order valence-electron chi connectivity index (χ4n) is 4.03. The summed E-state index contributed by atoms with van der Waals surface area (Å²) in [5.74, 6) is 0. The van der Waals surface area contributed by atoms with Crippen molar-refractivity contribution < 1.29 is 0 Å². The Kier molecular flexibility index (Phi) is 3.21. The van der Waals surface area contributed by atoms with Gasteiger partial charge >= 0.3 is 0 Å². The standard InChI is InChI=1S/C18H27N/c1-4-18(10-7-11-18)13-19-16-15-9-6-5-8-14(15)12-17(16,2)3/h5-6,8-9,16,19H,4,7,10-13H2,1-3H3. The van der Waals surface area contributed by atoms with Crippen LogP contribution in [0.3, 0.4) is 0 Å². The summed E-state index contributed by atoms with van der Waals surface area (Å²) in [7, 11) is 0. The Morgan fingerprint density at radius 3 is 2.58 bits per heavy atom. The van der Waals surface area contributed by atoms with E-state index in [-0.39, 0.29) is 0 Å². The van der Waals surface area contributed by atoms with Gasteiger partial charge in [0.1, 0.15) is 0 Å². The SMILES string of the molecule is CCC1(CNC2c3ccccc3CC2(C)C)CCC1. The second kappa shape index (κ2) is 4.63. The minimum Gasteiger partial charge on any atom is -0.309 e. The van der Waals surface area contributed by atoms with Gasteiger partial charge < -0.3 is 5.32 Å². The lowest BCUT2D eigenvalue weighted by Crippen LogP contribution is -2.43. The second-order valence-electron chi connectivity index (χ2n) is 7.39. The Morgan fingerprint density at radius 2 is 1.95 bits per heavy atom. The summed E-state index contributed by atoms with van der Waals surface area (Å²) in [5.41, 5.74) is 4.04. The summed E-state index contributed by atoms with van der Waals surface area (Å²) in [4.78, 5) is 0. The van der Waals surface area contributed by atoms with Crippen LogP contribution in [0.1, 0.15) is 63.6 Å². The van der Waals surface area contributed by atoms with Crippen LogP contribution in [0.4, 0.5) is 0 Å². The summed E-state index contributed by atoms with van der Waals surface area (Å²) in [6.07, 6.45) is 6.81. The van der Waals surface area contributed by atoms with Gasteiger partial charge in [0.25, 0.3) is 0 Å². The van der Waals surface area contributed by atoms with Gasteiger partial charge in [0.15, 0.2) is 0 Å². The Labute approximate surface area is 117 Å². The molecule has 0 amide bonds. The van der Waals surface area contributed by atoms with Gasteiger partial charge in [-0.15, -0.1) is 0 Å². The molecule has 1 aromatic rings. The molecule has 2 aliphatic carbocycles. The van der Waals surface area contributed by atoms with Crippen molar-refractivity contribution in [3.8, 4) is 0 Å². The van der Waals surface area contributed by atoms with Gasteiger partial charge in [-0.1, -0.05) is 51.5 Å². The van der Waals surface area contributed by atoms with Gasteiger partial charge in [0.2, 0.25) is 0 Å². The minimum absolute atomic E-state index is 0.350. The predicted octanol–water partition coefficient (Wildman–Crippen LogP) is 4.48. The van der Waals surface area contributed by atoms with Crippen LogP contribution < -0.4 is 5.32 Å². The molecule has 0 radical (unpaired) electrons. The summed E-state index contributed by atoms with van der Waals surface area (Å²) in [6, 6.07) is 9.52. The molecule has 1 heteroatoms. The highest BCUT2D eigenvalue weighted by Crippen LogP contribution is 2.47. The maximum atomic E-state index is 3.92. The van der Waals surface area contributed by atoms with Gasteiger partial charge in [-0.05, 0) is 47.6 Å². The number of benzene rings is 1. The van der Waals surface area contributed by atoms with E-state index in [0.29, 0.717) is 16.9 Å². The number of nitrogens with one attached hydrogen (secondary N) is 1. The van der Waals surface area contributed by atoms with Crippen molar-refractivity contribution in [3.05, 3.63) is 35.4 Å². The van der Waals surface area contributed by atoms with E-state index in [4.69, 9.17) is 0 Å². The third kappa shape index (κ3) is 2.23. The van der Waals surface area contributed by atoms with Gasteiger partial charge in [-0.3, -0.25) is 0 Å². The van der Waals surface area contributed by atoms with Gasteiger partial charge in [0.05, 0.1) is 0 Å². The van der Waals surface area contributed by atoms with Gasteiger partial charge in [-0.2, -0.15) is 0 Å². The van der Waals surface area contributed by atoms with Gasteiger partial charge in [0, 0.05) is 12.6 Å². The van der Waals surface area contributed by atoms with E-state index in [1.165, 1.54) is 44.2 Å². The third-order valence-corrected chi connectivity index (χ3v) is 5.64. The van der Waals surface area contributed by atoms with E-state index < -0.39 is 0 Å². The van der Waals surface area contributed by atoms with E-state index in [1.807, 2.05) is 0 Å². The van der Waals surface area contributed by atoms with Crippen molar-refractivity contribution in [2.75, 3.05) is 6.54 Å². The van der Waals surface area contributed by atoms with Crippen LogP contribution in [-0.2, 0) is 6.42 Å². The zero-order chi connectivity index (χ0) is 13.5. The Morgan fingerprint density at radius 1 is 1.21 bits per heavy atom. The monoisotopic (exact) mass is 257 g/mol. The van der Waals surface area contributed by atoms with Crippen LogP contribution in [-0.4, -0.2) is 6.54 Å². The average Bonchev–Trinajstić information content (AvgIpc) is 2.59. The third-order valence-electron chi connectivity index (χ3n) is 5.64. The second-order valence-corrected chi connectivity index (χ2v) is 7.39. The number of hydrogen-bond donors (Lipinski definition) is 1. The van der Waals surface area contributed by atoms with Crippen LogP contribution in [0.5, 0.6) is 0 Å². The van der Waals surface area contributed by atoms with Crippen molar-refractivity contribution in [1.29, 1.82) is 0 Å². The zero-order valence-electron chi connectivity index (χ0n) is 12.6. The Hall–Kier alpha value is -0.820. The minimum atomic E-state index is 0.350. The maximum absolute atomic E-state index is 3.92. The molecule has 0 aromatic heterocycles. The van der Waals surface area contributed by atoms with Gasteiger partial charge in [-0.25, -0.2) is 0 Å². The average molecular weight is 257 g/mol. The van der Waals surface area contributed by atoms with E-state index >= 15 is 0 Å². The quantitative estimate of drug-likeness (QED) is 0.838. The highest BCUT2D eigenvalue weighted by Gasteiger charge is 2.41. The van der Waals surface area contributed by atoms with Crippen LogP contribution in [0.15, 0.2) is 24.3 Å². The summed E-state index contributed by atoms with van der Waals surface area (Å²) < 4.78 is 0. The zero-order valence-corrected chi connectivity index (χ0v) is 12.6. The molecule has 0 aliphatic heterocycles. The molecule has 1 aromatic carbocycles. The molecular formula is C18H27N. The fourth-order valence-corrected chi connectivity index (χ4v) is 4.03. The first kappa shape index (κ1) is 13.2. The summed E-state index contributed by atoms with van der Waals surface area (Å²) >= 11 is 0. The Bertz CT molecular complexity index is 451. The topological polar surface area (TPSA) is 12.0 Å². The molecule has 0 heterocycles. The highest BCUT2D eigenvalue weighted by molar-refractivity contribution is 5.37. The van der Waals surface area contributed by atoms with E-state index in [9.17, 15) is 0 Å². The highest BCUT2D eigenvalue weighted by atomic mass is 15.0. The number of rotatable bonds is 4. The lowest BCUT2D eigenvalue weighted by molar-refractivity contribution is 0.108. The molecule has 1 saturated carbocycles. The van der Waals surface area contributed by atoms with Crippen LogP contribution in [0.2, 0.25) is 0 Å². The lowest BCUT2D eigenvalue weighted by atomic mass is 9.66.